The van der Waals surface area contributed by atoms with Crippen LogP contribution in [0.15, 0.2) is 41.5 Å². The number of carbonyl (C=O) groups excluding carboxylic acids is 4. The maximum absolute atomic E-state index is 14.4. The summed E-state index contributed by atoms with van der Waals surface area (Å²) in [5, 5.41) is 15.4. The van der Waals surface area contributed by atoms with Gasteiger partial charge in [0.25, 0.3) is 0 Å². The summed E-state index contributed by atoms with van der Waals surface area (Å²) in [6, 6.07) is 7.02. The van der Waals surface area contributed by atoms with Gasteiger partial charge >= 0.3 is 11.9 Å². The average Bonchev–Trinajstić information content (AvgIpc) is 4.10. The van der Waals surface area contributed by atoms with Crippen molar-refractivity contribution in [2.45, 2.75) is 172 Å². The predicted molar refractivity (Wildman–Crippen MR) is 223 cm³/mol. The molecule has 12 nitrogen and oxygen atoms in total. The van der Waals surface area contributed by atoms with Gasteiger partial charge in [-0.3, -0.25) is 14.4 Å². The second-order valence-electron chi connectivity index (χ2n) is 20.6. The molecule has 0 radical (unpaired) electrons. The molecule has 2 amide bonds. The van der Waals surface area contributed by atoms with Gasteiger partial charge in [0, 0.05) is 43.2 Å². The van der Waals surface area contributed by atoms with E-state index in [1.165, 1.54) is 5.57 Å². The minimum Gasteiger partial charge on any atom is -0.460 e. The Labute approximate surface area is 354 Å². The molecule has 2 heterocycles. The number of allylic oxidation sites excluding steroid dienone is 1. The SMILES string of the molecule is CC(C)(C)OC(=O)CCC(CO)NC(=O)CCNC(=O)C1=CC2OC(C3CC3)(C3CC3)OC2C(OC(=O)c2ccccc2C=C2CCC3OC3(C)CCC3C2CC3(C)C)C1. The molecule has 1 aromatic rings. The zero-order valence-electron chi connectivity index (χ0n) is 36.4. The van der Waals surface area contributed by atoms with Crippen LogP contribution in [0.5, 0.6) is 0 Å². The molecule has 2 saturated heterocycles. The number of hydrogen-bond acceptors (Lipinski definition) is 10. The van der Waals surface area contributed by atoms with Crippen LogP contribution in [0.1, 0.15) is 141 Å². The molecular weight excluding hydrogens is 765 g/mol. The Bertz CT molecular complexity index is 1880. The summed E-state index contributed by atoms with van der Waals surface area (Å²) in [4.78, 5) is 53.1. The van der Waals surface area contributed by atoms with E-state index < -0.39 is 47.7 Å². The summed E-state index contributed by atoms with van der Waals surface area (Å²) < 4.78 is 31.6. The number of rotatable bonds is 14. The molecule has 8 rings (SSSR count). The van der Waals surface area contributed by atoms with Gasteiger partial charge in [-0.05, 0) is 127 Å². The van der Waals surface area contributed by atoms with Crippen LogP contribution in [0.4, 0.5) is 0 Å². The van der Waals surface area contributed by atoms with Gasteiger partial charge in [0.1, 0.15) is 23.9 Å². The van der Waals surface area contributed by atoms with E-state index in [0.717, 1.165) is 63.4 Å². The number of aliphatic hydroxyl groups excluding tert-OH is 1. The first-order chi connectivity index (χ1) is 28.5. The zero-order chi connectivity index (χ0) is 42.6. The standard InChI is InChI=1S/C48H66N2O10/c1-45(2,3)59-41(53)18-16-33(27-51)50-40(52)20-22-49-43(54)30-24-37(42-38(25-30)57-48(60-42,31-12-13-31)32-14-15-32)56-44(55)34-10-8-7-9-28(34)23-29-11-17-39-47(6,58-39)21-19-36-35(29)26-46(36,4)5/h7-10,23,25,31-33,35-39,42,51H,11-22,24,26-27H2,1-6H3,(H,49,54)(H,50,52). The first-order valence-corrected chi connectivity index (χ1v) is 22.6. The predicted octanol–water partition coefficient (Wildman–Crippen LogP) is 6.72. The van der Waals surface area contributed by atoms with Gasteiger partial charge in [-0.25, -0.2) is 4.79 Å². The van der Waals surface area contributed by atoms with Crippen molar-refractivity contribution < 1.29 is 48.0 Å². The highest BCUT2D eigenvalue weighted by Gasteiger charge is 2.64. The maximum Gasteiger partial charge on any atom is 0.339 e. The van der Waals surface area contributed by atoms with Crippen molar-refractivity contribution in [3.05, 3.63) is 52.6 Å². The summed E-state index contributed by atoms with van der Waals surface area (Å²) in [6.07, 6.45) is 12.2. The summed E-state index contributed by atoms with van der Waals surface area (Å²) >= 11 is 0. The van der Waals surface area contributed by atoms with E-state index in [1.807, 2.05) is 30.3 Å². The van der Waals surface area contributed by atoms with Crippen LogP contribution in [0.2, 0.25) is 0 Å². The molecule has 6 fully saturated rings. The molecule has 8 atom stereocenters. The lowest BCUT2D eigenvalue weighted by molar-refractivity contribution is -0.209. The number of benzene rings is 1. The van der Waals surface area contributed by atoms with Crippen molar-refractivity contribution in [2.24, 2.45) is 29.1 Å². The third-order valence-corrected chi connectivity index (χ3v) is 14.2. The summed E-state index contributed by atoms with van der Waals surface area (Å²) in [5.41, 5.74) is 2.75. The fourth-order valence-corrected chi connectivity index (χ4v) is 10.6. The van der Waals surface area contributed by atoms with Gasteiger partial charge in [-0.1, -0.05) is 43.7 Å². The molecule has 2 aliphatic heterocycles. The fourth-order valence-electron chi connectivity index (χ4n) is 10.6. The van der Waals surface area contributed by atoms with Gasteiger partial charge in [-0.2, -0.15) is 0 Å². The molecule has 328 valence electrons. The van der Waals surface area contributed by atoms with E-state index in [0.29, 0.717) is 23.0 Å². The number of epoxide rings is 1. The first-order valence-electron chi connectivity index (χ1n) is 22.6. The highest BCUT2D eigenvalue weighted by Crippen LogP contribution is 2.61. The van der Waals surface area contributed by atoms with Gasteiger partial charge in [0.2, 0.25) is 11.8 Å². The van der Waals surface area contributed by atoms with E-state index in [4.69, 9.17) is 23.7 Å². The highest BCUT2D eigenvalue weighted by atomic mass is 16.8. The minimum atomic E-state index is -0.765. The molecule has 4 saturated carbocycles. The van der Waals surface area contributed by atoms with Crippen LogP contribution < -0.4 is 10.6 Å². The van der Waals surface area contributed by atoms with Crippen LogP contribution in [-0.2, 0) is 38.1 Å². The third-order valence-electron chi connectivity index (χ3n) is 14.2. The van der Waals surface area contributed by atoms with Crippen LogP contribution in [0.3, 0.4) is 0 Å². The lowest BCUT2D eigenvalue weighted by Crippen LogP contribution is -2.45. The number of nitrogens with one attached hydrogen (secondary N) is 2. The highest BCUT2D eigenvalue weighted by molar-refractivity contribution is 5.95. The number of hydrogen-bond donors (Lipinski definition) is 3. The van der Waals surface area contributed by atoms with Crippen molar-refractivity contribution in [3.8, 4) is 0 Å². The Kier molecular flexibility index (Phi) is 11.9. The molecule has 0 spiro atoms. The summed E-state index contributed by atoms with van der Waals surface area (Å²) in [7, 11) is 0. The van der Waals surface area contributed by atoms with Crippen LogP contribution in [0.25, 0.3) is 6.08 Å². The van der Waals surface area contributed by atoms with Gasteiger partial charge in [0.15, 0.2) is 5.79 Å². The van der Waals surface area contributed by atoms with Crippen molar-refractivity contribution in [2.75, 3.05) is 13.2 Å². The molecule has 0 bridgehead atoms. The van der Waals surface area contributed by atoms with Crippen LogP contribution in [-0.4, -0.2) is 89.5 Å². The number of fused-ring (bicyclic) bond motifs is 3. The molecule has 1 aromatic carbocycles. The third kappa shape index (κ3) is 9.42. The second kappa shape index (κ2) is 16.6. The largest absolute Gasteiger partial charge is 0.460 e. The molecule has 0 aromatic heterocycles. The fraction of sp³-hybridized carbons (Fsp3) is 0.708. The van der Waals surface area contributed by atoms with E-state index in [-0.39, 0.29) is 79.6 Å². The Balaban J connectivity index is 0.942. The number of aliphatic hydroxyl groups is 1. The minimum absolute atomic E-state index is 0.0117. The lowest BCUT2D eigenvalue weighted by Gasteiger charge is -2.53. The topological polar surface area (TPSA) is 162 Å². The van der Waals surface area contributed by atoms with Gasteiger partial charge < -0.3 is 39.4 Å². The summed E-state index contributed by atoms with van der Waals surface area (Å²) in [5.74, 6) is -0.733. The zero-order valence-corrected chi connectivity index (χ0v) is 36.4. The Morgan fingerprint density at radius 1 is 0.967 bits per heavy atom. The molecule has 5 aliphatic carbocycles. The number of ether oxygens (including phenoxy) is 5. The van der Waals surface area contributed by atoms with Crippen molar-refractivity contribution in [1.82, 2.24) is 10.6 Å². The number of esters is 2. The average molecular weight is 831 g/mol. The molecule has 8 unspecified atom stereocenters. The second-order valence-corrected chi connectivity index (χ2v) is 20.6. The molecule has 7 aliphatic rings. The van der Waals surface area contributed by atoms with Crippen LogP contribution >= 0.6 is 0 Å². The molecule has 3 N–H and O–H groups in total. The normalized spacial score (nSPS) is 32.6. The van der Waals surface area contributed by atoms with E-state index in [9.17, 15) is 24.3 Å². The Morgan fingerprint density at radius 2 is 1.70 bits per heavy atom. The first kappa shape index (κ1) is 43.1. The van der Waals surface area contributed by atoms with E-state index in [2.05, 4.69) is 37.5 Å². The Hall–Kier alpha value is -3.58. The molecule has 60 heavy (non-hydrogen) atoms. The van der Waals surface area contributed by atoms with Crippen molar-refractivity contribution >= 4 is 29.8 Å². The van der Waals surface area contributed by atoms with E-state index >= 15 is 0 Å². The number of carbonyl (C=O) groups is 4. The van der Waals surface area contributed by atoms with Crippen molar-refractivity contribution in [1.29, 1.82) is 0 Å². The monoisotopic (exact) mass is 830 g/mol. The quantitative estimate of drug-likeness (QED) is 0.136. The van der Waals surface area contributed by atoms with Crippen molar-refractivity contribution in [3.63, 3.8) is 0 Å². The van der Waals surface area contributed by atoms with Gasteiger partial charge in [0.05, 0.1) is 29.9 Å². The number of amides is 2. The lowest BCUT2D eigenvalue weighted by atomic mass is 9.52. The maximum atomic E-state index is 14.4. The van der Waals surface area contributed by atoms with Crippen LogP contribution in [0, 0.1) is 29.1 Å². The molecule has 12 heteroatoms. The smallest absolute Gasteiger partial charge is 0.339 e. The Morgan fingerprint density at radius 3 is 2.38 bits per heavy atom. The van der Waals surface area contributed by atoms with Gasteiger partial charge in [-0.15, -0.1) is 0 Å². The molecular formula is C48H66N2O10. The van der Waals surface area contributed by atoms with E-state index in [1.54, 1.807) is 20.8 Å². The summed E-state index contributed by atoms with van der Waals surface area (Å²) in [6.45, 7) is 12.1.